The number of hydrogen-bond acceptors (Lipinski definition) is 6. The molecule has 3 heterocycles. The maximum atomic E-state index is 13.5. The van der Waals surface area contributed by atoms with E-state index >= 15 is 0 Å². The minimum absolute atomic E-state index is 0.302. The monoisotopic (exact) mass is 439 g/mol. The molecule has 9 heteroatoms. The van der Waals surface area contributed by atoms with E-state index in [1.807, 2.05) is 6.07 Å². The van der Waals surface area contributed by atoms with Gasteiger partial charge < -0.3 is 15.1 Å². The van der Waals surface area contributed by atoms with Crippen LogP contribution in [0.5, 0.6) is 0 Å². The van der Waals surface area contributed by atoms with Crippen LogP contribution in [0.2, 0.25) is 0 Å². The molecule has 7 nitrogen and oxygen atoms in total. The maximum absolute atomic E-state index is 13.5. The largest absolute Gasteiger partial charge is 0.368 e. The highest BCUT2D eigenvalue weighted by molar-refractivity contribution is 5.66. The van der Waals surface area contributed by atoms with Crippen LogP contribution in [-0.4, -0.2) is 77.3 Å². The van der Waals surface area contributed by atoms with Crippen LogP contribution >= 0.6 is 0 Å². The van der Waals surface area contributed by atoms with Crippen molar-refractivity contribution < 1.29 is 8.78 Å². The van der Waals surface area contributed by atoms with E-state index in [1.165, 1.54) is 17.8 Å². The molecule has 32 heavy (non-hydrogen) atoms. The molecule has 0 spiro atoms. The molecule has 168 valence electrons. The smallest absolute Gasteiger partial charge is 0.246 e. The summed E-state index contributed by atoms with van der Waals surface area (Å²) in [5.41, 5.74) is 3.49. The number of benzene rings is 2. The highest BCUT2D eigenvalue weighted by Crippen LogP contribution is 2.29. The number of aromatic nitrogens is 3. The first-order chi connectivity index (χ1) is 15.4. The van der Waals surface area contributed by atoms with Crippen LogP contribution in [0.4, 0.5) is 26.1 Å². The second-order valence-electron chi connectivity index (χ2n) is 8.75. The Morgan fingerprint density at radius 1 is 0.969 bits per heavy atom. The molecular weight excluding hydrogens is 412 g/mol. The van der Waals surface area contributed by atoms with Gasteiger partial charge in [-0.05, 0) is 49.9 Å². The SMILES string of the molecule is Cc1cc(Nc2n[nH]c(-c3cc(F)cc(F)c3)n2)cc(N2CC(N3CCN(C)CC3)C2)c1. The van der Waals surface area contributed by atoms with E-state index in [0.29, 0.717) is 23.4 Å². The molecule has 2 saturated heterocycles. The van der Waals surface area contributed by atoms with E-state index < -0.39 is 11.6 Å². The Balaban J connectivity index is 1.26. The van der Waals surface area contributed by atoms with Crippen LogP contribution in [0.15, 0.2) is 36.4 Å². The van der Waals surface area contributed by atoms with Crippen molar-refractivity contribution in [1.82, 2.24) is 25.0 Å². The van der Waals surface area contributed by atoms with Gasteiger partial charge in [0.1, 0.15) is 11.6 Å². The van der Waals surface area contributed by atoms with Crippen LogP contribution in [0, 0.1) is 18.6 Å². The molecule has 2 aromatic carbocycles. The number of rotatable bonds is 5. The number of H-pyrrole nitrogens is 1. The highest BCUT2D eigenvalue weighted by Gasteiger charge is 2.33. The molecule has 1 aromatic heterocycles. The van der Waals surface area contributed by atoms with Crippen molar-refractivity contribution in [3.63, 3.8) is 0 Å². The van der Waals surface area contributed by atoms with Gasteiger partial charge in [-0.2, -0.15) is 4.98 Å². The Bertz CT molecular complexity index is 1080. The average molecular weight is 440 g/mol. The number of aromatic amines is 1. The van der Waals surface area contributed by atoms with Crippen molar-refractivity contribution in [2.24, 2.45) is 0 Å². The molecule has 0 atom stereocenters. The molecule has 2 N–H and O–H groups in total. The number of halogens is 2. The van der Waals surface area contributed by atoms with E-state index in [0.717, 1.165) is 56.6 Å². The van der Waals surface area contributed by atoms with E-state index in [9.17, 15) is 8.78 Å². The normalized spacial score (nSPS) is 18.1. The molecule has 2 aliphatic heterocycles. The number of aryl methyl sites for hydroxylation is 1. The van der Waals surface area contributed by atoms with Crippen LogP contribution in [0.1, 0.15) is 5.56 Å². The van der Waals surface area contributed by atoms with Gasteiger partial charge in [0.05, 0.1) is 0 Å². The second kappa shape index (κ2) is 8.48. The molecule has 2 fully saturated rings. The molecule has 0 unspecified atom stereocenters. The first-order valence-electron chi connectivity index (χ1n) is 10.9. The maximum Gasteiger partial charge on any atom is 0.246 e. The lowest BCUT2D eigenvalue weighted by Crippen LogP contribution is -2.63. The third kappa shape index (κ3) is 4.44. The van der Waals surface area contributed by atoms with Crippen molar-refractivity contribution >= 4 is 17.3 Å². The van der Waals surface area contributed by atoms with Crippen LogP contribution in [0.3, 0.4) is 0 Å². The Hall–Kier alpha value is -3.04. The Morgan fingerprint density at radius 3 is 2.41 bits per heavy atom. The number of anilines is 3. The number of piperazine rings is 1. The fourth-order valence-electron chi connectivity index (χ4n) is 4.37. The summed E-state index contributed by atoms with van der Waals surface area (Å²) in [5.74, 6) is -0.658. The van der Waals surface area contributed by atoms with E-state index in [-0.39, 0.29) is 0 Å². The fourth-order valence-corrected chi connectivity index (χ4v) is 4.37. The topological polar surface area (TPSA) is 63.3 Å². The zero-order valence-corrected chi connectivity index (χ0v) is 18.3. The molecule has 3 aromatic rings. The summed E-state index contributed by atoms with van der Waals surface area (Å²) in [4.78, 5) is 11.7. The quantitative estimate of drug-likeness (QED) is 0.637. The van der Waals surface area contributed by atoms with Crippen LogP contribution < -0.4 is 10.2 Å². The van der Waals surface area contributed by atoms with Gasteiger partial charge in [-0.15, -0.1) is 5.10 Å². The van der Waals surface area contributed by atoms with Gasteiger partial charge in [-0.25, -0.2) is 8.78 Å². The standard InChI is InChI=1S/C23H27F2N7/c1-15-7-19(26-23-27-22(28-29-23)16-9-17(24)11-18(25)10-16)12-20(8-15)32-13-21(14-32)31-5-3-30(2)4-6-31/h7-12,21H,3-6,13-14H2,1-2H3,(H2,26,27,28,29). The zero-order valence-electron chi connectivity index (χ0n) is 18.3. The third-order valence-electron chi connectivity index (χ3n) is 6.22. The summed E-state index contributed by atoms with van der Waals surface area (Å²) >= 11 is 0. The van der Waals surface area contributed by atoms with Gasteiger partial charge in [0.15, 0.2) is 5.82 Å². The third-order valence-corrected chi connectivity index (χ3v) is 6.22. The number of nitrogens with one attached hydrogen (secondary N) is 2. The van der Waals surface area contributed by atoms with Crippen molar-refractivity contribution in [1.29, 1.82) is 0 Å². The zero-order chi connectivity index (χ0) is 22.2. The van der Waals surface area contributed by atoms with Crippen LogP contribution in [-0.2, 0) is 0 Å². The number of likely N-dealkylation sites (N-methyl/N-ethyl adjacent to an activating group) is 1. The van der Waals surface area contributed by atoms with E-state index in [2.05, 4.69) is 61.3 Å². The lowest BCUT2D eigenvalue weighted by molar-refractivity contribution is 0.0963. The first-order valence-corrected chi connectivity index (χ1v) is 10.9. The summed E-state index contributed by atoms with van der Waals surface area (Å²) in [5, 5.41) is 10.1. The van der Waals surface area contributed by atoms with Gasteiger partial charge in [-0.1, -0.05) is 0 Å². The molecule has 2 aliphatic rings. The van der Waals surface area contributed by atoms with Gasteiger partial charge in [0, 0.05) is 68.3 Å². The molecule has 0 amide bonds. The van der Waals surface area contributed by atoms with Gasteiger partial charge in [0.2, 0.25) is 5.95 Å². The molecule has 0 aliphatic carbocycles. The summed E-state index contributed by atoms with van der Waals surface area (Å²) < 4.78 is 27.0. The van der Waals surface area contributed by atoms with Crippen molar-refractivity contribution in [2.75, 3.05) is 56.5 Å². The van der Waals surface area contributed by atoms with Gasteiger partial charge in [-0.3, -0.25) is 10.00 Å². The lowest BCUT2D eigenvalue weighted by Gasteiger charge is -2.49. The van der Waals surface area contributed by atoms with Crippen LogP contribution in [0.25, 0.3) is 11.4 Å². The Morgan fingerprint density at radius 2 is 1.69 bits per heavy atom. The molecule has 0 saturated carbocycles. The summed E-state index contributed by atoms with van der Waals surface area (Å²) in [6, 6.07) is 10.2. The highest BCUT2D eigenvalue weighted by atomic mass is 19.1. The number of nitrogens with zero attached hydrogens (tertiary/aromatic N) is 5. The summed E-state index contributed by atoms with van der Waals surface area (Å²) in [7, 11) is 2.18. The summed E-state index contributed by atoms with van der Waals surface area (Å²) in [6.45, 7) is 8.66. The molecule has 5 rings (SSSR count). The predicted octanol–water partition coefficient (Wildman–Crippen LogP) is 3.24. The van der Waals surface area contributed by atoms with Crippen molar-refractivity contribution in [3.05, 3.63) is 53.6 Å². The minimum atomic E-state index is -0.654. The summed E-state index contributed by atoms with van der Waals surface area (Å²) in [6.07, 6.45) is 0. The fraction of sp³-hybridized carbons (Fsp3) is 0.391. The number of hydrogen-bond donors (Lipinski definition) is 2. The molecular formula is C23H27F2N7. The molecule has 0 bridgehead atoms. The lowest BCUT2D eigenvalue weighted by atomic mass is 10.0. The minimum Gasteiger partial charge on any atom is -0.368 e. The van der Waals surface area contributed by atoms with Gasteiger partial charge >= 0.3 is 0 Å². The van der Waals surface area contributed by atoms with E-state index in [4.69, 9.17) is 0 Å². The predicted molar refractivity (Wildman–Crippen MR) is 121 cm³/mol. The van der Waals surface area contributed by atoms with Crippen molar-refractivity contribution in [3.8, 4) is 11.4 Å². The molecule has 0 radical (unpaired) electrons. The van der Waals surface area contributed by atoms with E-state index in [1.54, 1.807) is 0 Å². The van der Waals surface area contributed by atoms with Crippen molar-refractivity contribution in [2.45, 2.75) is 13.0 Å². The Kier molecular flexibility index (Phi) is 5.52. The average Bonchev–Trinajstić information content (AvgIpc) is 3.16. The van der Waals surface area contributed by atoms with Gasteiger partial charge in [0.25, 0.3) is 0 Å². The second-order valence-corrected chi connectivity index (χ2v) is 8.75. The Labute approximate surface area is 186 Å². The first kappa shape index (κ1) is 20.8.